The van der Waals surface area contributed by atoms with Gasteiger partial charge in [-0.05, 0) is 49.3 Å². The summed E-state index contributed by atoms with van der Waals surface area (Å²) in [6.45, 7) is 2.77. The fraction of sp³-hybridized carbons (Fsp3) is 0.500. The number of carbonyl (C=O) groups excluding carboxylic acids is 1. The molecule has 3 nitrogen and oxygen atoms in total. The maximum atomic E-state index is 12.1. The van der Waals surface area contributed by atoms with Gasteiger partial charge in [-0.15, -0.1) is 0 Å². The van der Waals surface area contributed by atoms with Gasteiger partial charge in [0.1, 0.15) is 0 Å². The molecule has 1 aliphatic carbocycles. The second-order valence-corrected chi connectivity index (χ2v) is 5.49. The van der Waals surface area contributed by atoms with E-state index < -0.39 is 0 Å². The summed E-state index contributed by atoms with van der Waals surface area (Å²) < 4.78 is 0. The first-order valence-electron chi connectivity index (χ1n) is 6.96. The molecule has 1 aromatic rings. The van der Waals surface area contributed by atoms with Crippen molar-refractivity contribution >= 4 is 5.91 Å². The van der Waals surface area contributed by atoms with Gasteiger partial charge in [-0.1, -0.05) is 19.1 Å². The van der Waals surface area contributed by atoms with Crippen LogP contribution in [0.25, 0.3) is 0 Å². The third kappa shape index (κ3) is 3.82. The summed E-state index contributed by atoms with van der Waals surface area (Å²) in [5, 5.41) is 11.8. The SMILES string of the molecule is CC1CCC(C(=O)NCc2cccc(C#N)c2)CC1. The number of nitrogens with zero attached hydrogens (tertiary/aromatic N) is 1. The average Bonchev–Trinajstić information content (AvgIpc) is 2.46. The zero-order chi connectivity index (χ0) is 13.7. The summed E-state index contributed by atoms with van der Waals surface area (Å²) in [4.78, 5) is 12.1. The lowest BCUT2D eigenvalue weighted by Crippen LogP contribution is -2.32. The fourth-order valence-corrected chi connectivity index (χ4v) is 2.61. The molecule has 1 N–H and O–H groups in total. The van der Waals surface area contributed by atoms with Crippen LogP contribution in [0, 0.1) is 23.2 Å². The molecule has 0 atom stereocenters. The number of benzene rings is 1. The van der Waals surface area contributed by atoms with Crippen LogP contribution in [0.2, 0.25) is 0 Å². The Morgan fingerprint density at radius 2 is 2.11 bits per heavy atom. The molecule has 0 bridgehead atoms. The lowest BCUT2D eigenvalue weighted by Gasteiger charge is -2.25. The summed E-state index contributed by atoms with van der Waals surface area (Å²) in [5.41, 5.74) is 1.62. The van der Waals surface area contributed by atoms with E-state index in [9.17, 15) is 4.79 Å². The predicted molar refractivity (Wildman–Crippen MR) is 74.1 cm³/mol. The van der Waals surface area contributed by atoms with E-state index in [2.05, 4.69) is 18.3 Å². The Hall–Kier alpha value is -1.82. The van der Waals surface area contributed by atoms with Crippen LogP contribution in [-0.2, 0) is 11.3 Å². The first kappa shape index (κ1) is 13.6. The van der Waals surface area contributed by atoms with Crippen molar-refractivity contribution in [2.24, 2.45) is 11.8 Å². The maximum absolute atomic E-state index is 12.1. The predicted octanol–water partition coefficient (Wildman–Crippen LogP) is 3.00. The Bertz CT molecular complexity index is 482. The molecule has 0 heterocycles. The zero-order valence-electron chi connectivity index (χ0n) is 11.4. The first-order valence-corrected chi connectivity index (χ1v) is 6.96. The molecule has 0 aromatic heterocycles. The molecule has 1 fully saturated rings. The van der Waals surface area contributed by atoms with Gasteiger partial charge in [0.05, 0.1) is 11.6 Å². The van der Waals surface area contributed by atoms with Gasteiger partial charge in [-0.2, -0.15) is 5.26 Å². The Morgan fingerprint density at radius 3 is 2.79 bits per heavy atom. The molecule has 1 aliphatic rings. The molecular weight excluding hydrogens is 236 g/mol. The molecule has 0 radical (unpaired) electrons. The molecule has 1 aromatic carbocycles. The highest BCUT2D eigenvalue weighted by molar-refractivity contribution is 5.78. The van der Waals surface area contributed by atoms with Gasteiger partial charge < -0.3 is 5.32 Å². The first-order chi connectivity index (χ1) is 9.19. The summed E-state index contributed by atoms with van der Waals surface area (Å²) >= 11 is 0. The van der Waals surface area contributed by atoms with E-state index in [1.165, 1.54) is 0 Å². The van der Waals surface area contributed by atoms with Crippen LogP contribution in [0.5, 0.6) is 0 Å². The summed E-state index contributed by atoms with van der Waals surface area (Å²) in [6, 6.07) is 9.49. The third-order valence-electron chi connectivity index (χ3n) is 3.91. The van der Waals surface area contributed by atoms with E-state index >= 15 is 0 Å². The molecule has 2 rings (SSSR count). The quantitative estimate of drug-likeness (QED) is 0.903. The van der Waals surface area contributed by atoms with Crippen LogP contribution in [0.15, 0.2) is 24.3 Å². The average molecular weight is 256 g/mol. The number of nitrogens with one attached hydrogen (secondary N) is 1. The topological polar surface area (TPSA) is 52.9 Å². The van der Waals surface area contributed by atoms with E-state index in [4.69, 9.17) is 5.26 Å². The molecule has 0 unspecified atom stereocenters. The second-order valence-electron chi connectivity index (χ2n) is 5.49. The number of amides is 1. The minimum absolute atomic E-state index is 0.161. The van der Waals surface area contributed by atoms with E-state index in [-0.39, 0.29) is 11.8 Å². The van der Waals surface area contributed by atoms with E-state index in [0.717, 1.165) is 37.2 Å². The lowest BCUT2D eigenvalue weighted by atomic mass is 9.82. The van der Waals surface area contributed by atoms with Crippen LogP contribution in [0.3, 0.4) is 0 Å². The van der Waals surface area contributed by atoms with Crippen molar-refractivity contribution in [3.63, 3.8) is 0 Å². The van der Waals surface area contributed by atoms with Crippen LogP contribution in [0.4, 0.5) is 0 Å². The number of carbonyl (C=O) groups is 1. The van der Waals surface area contributed by atoms with Crippen LogP contribution in [0.1, 0.15) is 43.7 Å². The van der Waals surface area contributed by atoms with Crippen molar-refractivity contribution in [2.75, 3.05) is 0 Å². The summed E-state index contributed by atoms with van der Waals surface area (Å²) in [6.07, 6.45) is 4.32. The highest BCUT2D eigenvalue weighted by Crippen LogP contribution is 2.28. The minimum Gasteiger partial charge on any atom is -0.352 e. The van der Waals surface area contributed by atoms with Crippen molar-refractivity contribution in [1.82, 2.24) is 5.32 Å². The highest BCUT2D eigenvalue weighted by Gasteiger charge is 2.23. The van der Waals surface area contributed by atoms with Crippen molar-refractivity contribution < 1.29 is 4.79 Å². The van der Waals surface area contributed by atoms with Gasteiger partial charge in [0.25, 0.3) is 0 Å². The van der Waals surface area contributed by atoms with E-state index in [0.29, 0.717) is 12.1 Å². The van der Waals surface area contributed by atoms with Gasteiger partial charge in [-0.3, -0.25) is 4.79 Å². The molecule has 19 heavy (non-hydrogen) atoms. The molecule has 3 heteroatoms. The standard InChI is InChI=1S/C16H20N2O/c1-12-5-7-15(8-6-12)16(19)18-11-14-4-2-3-13(9-14)10-17/h2-4,9,12,15H,5-8,11H2,1H3,(H,18,19). The van der Waals surface area contributed by atoms with Gasteiger partial charge in [0.2, 0.25) is 5.91 Å². The van der Waals surface area contributed by atoms with Gasteiger partial charge >= 0.3 is 0 Å². The van der Waals surface area contributed by atoms with Gasteiger partial charge in [0, 0.05) is 12.5 Å². The number of hydrogen-bond donors (Lipinski definition) is 1. The van der Waals surface area contributed by atoms with Gasteiger partial charge in [0.15, 0.2) is 0 Å². The van der Waals surface area contributed by atoms with E-state index in [1.54, 1.807) is 6.07 Å². The minimum atomic E-state index is 0.161. The van der Waals surface area contributed by atoms with Crippen LogP contribution < -0.4 is 5.32 Å². The maximum Gasteiger partial charge on any atom is 0.223 e. The number of nitriles is 1. The molecule has 0 saturated heterocycles. The number of rotatable bonds is 3. The lowest BCUT2D eigenvalue weighted by molar-refractivity contribution is -0.126. The molecule has 100 valence electrons. The van der Waals surface area contributed by atoms with Crippen LogP contribution in [-0.4, -0.2) is 5.91 Å². The number of hydrogen-bond acceptors (Lipinski definition) is 2. The normalized spacial score (nSPS) is 22.5. The summed E-state index contributed by atoms with van der Waals surface area (Å²) in [5.74, 6) is 1.10. The smallest absolute Gasteiger partial charge is 0.223 e. The van der Waals surface area contributed by atoms with Crippen molar-refractivity contribution in [3.8, 4) is 6.07 Å². The Morgan fingerprint density at radius 1 is 1.37 bits per heavy atom. The summed E-state index contributed by atoms with van der Waals surface area (Å²) in [7, 11) is 0. The molecule has 0 aliphatic heterocycles. The third-order valence-corrected chi connectivity index (χ3v) is 3.91. The molecular formula is C16H20N2O. The largest absolute Gasteiger partial charge is 0.352 e. The van der Waals surface area contributed by atoms with Crippen LogP contribution >= 0.6 is 0 Å². The van der Waals surface area contributed by atoms with Crippen molar-refractivity contribution in [1.29, 1.82) is 5.26 Å². The second kappa shape index (κ2) is 6.38. The van der Waals surface area contributed by atoms with Gasteiger partial charge in [-0.25, -0.2) is 0 Å². The fourth-order valence-electron chi connectivity index (χ4n) is 2.61. The van der Waals surface area contributed by atoms with Crippen molar-refractivity contribution in [3.05, 3.63) is 35.4 Å². The molecule has 1 amide bonds. The molecule has 0 spiro atoms. The Kier molecular flexibility index (Phi) is 4.57. The monoisotopic (exact) mass is 256 g/mol. The Balaban J connectivity index is 1.84. The van der Waals surface area contributed by atoms with Crippen molar-refractivity contribution in [2.45, 2.75) is 39.2 Å². The highest BCUT2D eigenvalue weighted by atomic mass is 16.1. The Labute approximate surface area is 114 Å². The van der Waals surface area contributed by atoms with E-state index in [1.807, 2.05) is 18.2 Å². The molecule has 1 saturated carbocycles. The zero-order valence-corrected chi connectivity index (χ0v) is 11.4.